The van der Waals surface area contributed by atoms with Crippen molar-refractivity contribution in [2.75, 3.05) is 18.0 Å². The van der Waals surface area contributed by atoms with Crippen molar-refractivity contribution in [3.63, 3.8) is 0 Å². The fraction of sp³-hybridized carbons (Fsp3) is 0.593. The van der Waals surface area contributed by atoms with Crippen LogP contribution in [0.25, 0.3) is 11.0 Å². The molecule has 34 heavy (non-hydrogen) atoms. The molecular formula is C27H37N7. The lowest BCUT2D eigenvalue weighted by Gasteiger charge is -2.54. The summed E-state index contributed by atoms with van der Waals surface area (Å²) in [6, 6.07) is 2.21. The normalized spacial score (nSPS) is 26.3. The minimum Gasteiger partial charge on any atom is -0.366 e. The molecule has 3 aliphatic carbocycles. The number of rotatable bonds is 6. The molecule has 0 amide bonds. The molecule has 3 aromatic heterocycles. The maximum atomic E-state index is 5.11. The van der Waals surface area contributed by atoms with E-state index in [4.69, 9.17) is 10.1 Å². The van der Waals surface area contributed by atoms with Gasteiger partial charge in [-0.1, -0.05) is 6.08 Å². The van der Waals surface area contributed by atoms with E-state index >= 15 is 0 Å². The molecule has 0 saturated heterocycles. The molecule has 3 fully saturated rings. The van der Waals surface area contributed by atoms with Crippen LogP contribution in [-0.4, -0.2) is 43.2 Å². The third-order valence-corrected chi connectivity index (χ3v) is 9.00. The zero-order valence-corrected chi connectivity index (χ0v) is 20.9. The second kappa shape index (κ2) is 7.94. The maximum absolute atomic E-state index is 5.11. The Morgan fingerprint density at radius 3 is 2.65 bits per heavy atom. The highest BCUT2D eigenvalue weighted by Crippen LogP contribution is 2.53. The van der Waals surface area contributed by atoms with Crippen LogP contribution < -0.4 is 10.2 Å². The summed E-state index contributed by atoms with van der Waals surface area (Å²) in [7, 11) is 1.97. The Balaban J connectivity index is 1.23. The lowest BCUT2D eigenvalue weighted by molar-refractivity contribution is 0.00934. The van der Waals surface area contributed by atoms with E-state index in [0.29, 0.717) is 11.0 Å². The van der Waals surface area contributed by atoms with Gasteiger partial charge in [0.1, 0.15) is 0 Å². The lowest BCUT2D eigenvalue weighted by Crippen LogP contribution is -2.55. The summed E-state index contributed by atoms with van der Waals surface area (Å²) in [6.07, 6.45) is 12.8. The SMILES string of the molecule is C=CCNC12CCC(Cn3nc(C)c4c3CCN(c3cc(C)nc5c3cnn5C)C4)(CC1)CC2. The fourth-order valence-corrected chi connectivity index (χ4v) is 6.85. The molecule has 180 valence electrons. The van der Waals surface area contributed by atoms with Gasteiger partial charge in [0.05, 0.1) is 23.0 Å². The van der Waals surface area contributed by atoms with E-state index in [-0.39, 0.29) is 0 Å². The average molecular weight is 460 g/mol. The van der Waals surface area contributed by atoms with Crippen LogP contribution in [0.4, 0.5) is 5.69 Å². The van der Waals surface area contributed by atoms with E-state index in [2.05, 4.69) is 46.5 Å². The van der Waals surface area contributed by atoms with E-state index in [0.717, 1.165) is 49.3 Å². The van der Waals surface area contributed by atoms with Crippen LogP contribution >= 0.6 is 0 Å². The molecular weight excluding hydrogens is 422 g/mol. The van der Waals surface area contributed by atoms with Crippen molar-refractivity contribution in [3.8, 4) is 0 Å². The number of fused-ring (bicyclic) bond motifs is 5. The molecule has 0 radical (unpaired) electrons. The second-order valence-electron chi connectivity index (χ2n) is 11.1. The number of aromatic nitrogens is 5. The first-order chi connectivity index (χ1) is 16.4. The van der Waals surface area contributed by atoms with Gasteiger partial charge in [-0.2, -0.15) is 10.2 Å². The molecule has 7 heteroatoms. The zero-order chi connectivity index (χ0) is 23.5. The Morgan fingerprint density at radius 2 is 1.91 bits per heavy atom. The largest absolute Gasteiger partial charge is 0.366 e. The Morgan fingerprint density at radius 1 is 1.15 bits per heavy atom. The van der Waals surface area contributed by atoms with Crippen molar-refractivity contribution in [2.45, 2.75) is 77.4 Å². The monoisotopic (exact) mass is 459 g/mol. The number of nitrogens with zero attached hydrogens (tertiary/aromatic N) is 6. The highest BCUT2D eigenvalue weighted by molar-refractivity contribution is 5.89. The van der Waals surface area contributed by atoms with Crippen molar-refractivity contribution in [3.05, 3.63) is 47.6 Å². The second-order valence-corrected chi connectivity index (χ2v) is 11.1. The summed E-state index contributed by atoms with van der Waals surface area (Å²) in [5.74, 6) is 0. The van der Waals surface area contributed by atoms with Crippen LogP contribution in [0.1, 0.15) is 61.2 Å². The Bertz CT molecular complexity index is 1230. The van der Waals surface area contributed by atoms with Crippen molar-refractivity contribution >= 4 is 16.7 Å². The van der Waals surface area contributed by atoms with Gasteiger partial charge < -0.3 is 10.2 Å². The fourth-order valence-electron chi connectivity index (χ4n) is 6.85. The van der Waals surface area contributed by atoms with E-state index in [1.54, 1.807) is 0 Å². The van der Waals surface area contributed by atoms with Gasteiger partial charge in [-0.3, -0.25) is 9.36 Å². The zero-order valence-electron chi connectivity index (χ0n) is 20.9. The van der Waals surface area contributed by atoms with E-state index in [9.17, 15) is 0 Å². The number of hydrogen-bond donors (Lipinski definition) is 1. The molecule has 2 bridgehead atoms. The van der Waals surface area contributed by atoms with Crippen LogP contribution in [0, 0.1) is 19.3 Å². The Hall–Kier alpha value is -2.67. The first kappa shape index (κ1) is 21.8. The Kier molecular flexibility index (Phi) is 5.10. The minimum absolute atomic E-state index is 0.357. The topological polar surface area (TPSA) is 63.8 Å². The van der Waals surface area contributed by atoms with Gasteiger partial charge >= 0.3 is 0 Å². The number of anilines is 1. The van der Waals surface area contributed by atoms with Gasteiger partial charge in [0.2, 0.25) is 0 Å². The van der Waals surface area contributed by atoms with Crippen molar-refractivity contribution in [1.82, 2.24) is 29.9 Å². The molecule has 4 heterocycles. The van der Waals surface area contributed by atoms with Crippen LogP contribution in [0.2, 0.25) is 0 Å². The van der Waals surface area contributed by atoms with Gasteiger partial charge in [-0.15, -0.1) is 6.58 Å². The smallest absolute Gasteiger partial charge is 0.159 e. The number of nitrogens with one attached hydrogen (secondary N) is 1. The number of pyridine rings is 1. The molecule has 7 rings (SSSR count). The molecule has 0 unspecified atom stereocenters. The molecule has 3 saturated carbocycles. The highest BCUT2D eigenvalue weighted by atomic mass is 15.3. The van der Waals surface area contributed by atoms with E-state index in [1.165, 1.54) is 61.2 Å². The van der Waals surface area contributed by atoms with E-state index in [1.807, 2.05) is 24.0 Å². The third-order valence-electron chi connectivity index (χ3n) is 9.00. The molecule has 1 aliphatic heterocycles. The predicted molar refractivity (Wildman–Crippen MR) is 136 cm³/mol. The van der Waals surface area contributed by atoms with Gasteiger partial charge in [0.15, 0.2) is 5.65 Å². The average Bonchev–Trinajstić information content (AvgIpc) is 3.37. The highest BCUT2D eigenvalue weighted by Gasteiger charge is 2.48. The predicted octanol–water partition coefficient (Wildman–Crippen LogP) is 4.21. The first-order valence-corrected chi connectivity index (χ1v) is 12.9. The quantitative estimate of drug-likeness (QED) is 0.560. The molecule has 4 aliphatic rings. The maximum Gasteiger partial charge on any atom is 0.159 e. The molecule has 1 N–H and O–H groups in total. The molecule has 7 nitrogen and oxygen atoms in total. The summed E-state index contributed by atoms with van der Waals surface area (Å²) in [4.78, 5) is 7.21. The summed E-state index contributed by atoms with van der Waals surface area (Å²) >= 11 is 0. The molecule has 0 spiro atoms. The van der Waals surface area contributed by atoms with Crippen LogP contribution in [0.5, 0.6) is 0 Å². The summed E-state index contributed by atoms with van der Waals surface area (Å²) < 4.78 is 4.27. The first-order valence-electron chi connectivity index (χ1n) is 12.9. The van der Waals surface area contributed by atoms with E-state index < -0.39 is 0 Å². The van der Waals surface area contributed by atoms with Gasteiger partial charge in [-0.25, -0.2) is 4.98 Å². The molecule has 0 aromatic carbocycles. The van der Waals surface area contributed by atoms with Crippen LogP contribution in [0.15, 0.2) is 24.9 Å². The van der Waals surface area contributed by atoms with Crippen molar-refractivity contribution in [1.29, 1.82) is 0 Å². The lowest BCUT2D eigenvalue weighted by atomic mass is 9.57. The third kappa shape index (κ3) is 3.47. The number of aryl methyl sites for hydroxylation is 3. The number of hydrogen-bond acceptors (Lipinski definition) is 5. The summed E-state index contributed by atoms with van der Waals surface area (Å²) in [5.41, 5.74) is 8.10. The van der Waals surface area contributed by atoms with Crippen LogP contribution in [0.3, 0.4) is 0 Å². The minimum atomic E-state index is 0.357. The van der Waals surface area contributed by atoms with Gasteiger partial charge in [0.25, 0.3) is 0 Å². The standard InChI is InChI=1S/C27H37N7/c1-5-13-28-27-10-7-26(8-11-27,9-12-27)18-34-23-6-14-33(17-22(23)20(3)31-34)24-15-19(2)30-25-21(24)16-29-32(25)4/h5,15-16,28H,1,6-14,17-18H2,2-4H3. The van der Waals surface area contributed by atoms with Crippen LogP contribution in [-0.2, 0) is 26.6 Å². The van der Waals surface area contributed by atoms with Crippen molar-refractivity contribution in [2.24, 2.45) is 12.5 Å². The van der Waals surface area contributed by atoms with Gasteiger partial charge in [-0.05, 0) is 63.9 Å². The summed E-state index contributed by atoms with van der Waals surface area (Å²) in [6.45, 7) is 12.1. The molecule has 3 aromatic rings. The van der Waals surface area contributed by atoms with Crippen molar-refractivity contribution < 1.29 is 0 Å². The Labute approximate surface area is 202 Å². The molecule has 0 atom stereocenters. The summed E-state index contributed by atoms with van der Waals surface area (Å²) in [5, 5.41) is 14.5. The van der Waals surface area contributed by atoms with Gasteiger partial charge in [0, 0.05) is 62.1 Å².